The zero-order valence-electron chi connectivity index (χ0n) is 32.7. The third-order valence-electron chi connectivity index (χ3n) is 10.5. The molecule has 60 heavy (non-hydrogen) atoms. The first-order valence-corrected chi connectivity index (χ1v) is 24.7. The topological polar surface area (TPSA) is 0 Å². The minimum Gasteiger partial charge on any atom is -0.366 e. The van der Waals surface area contributed by atoms with Crippen LogP contribution in [-0.4, -0.2) is 18.0 Å². The Morgan fingerprint density at radius 1 is 0.467 bits per heavy atom. The van der Waals surface area contributed by atoms with Gasteiger partial charge in [0.15, 0.2) is 0 Å². The average Bonchev–Trinajstić information content (AvgIpc) is 3.88. The van der Waals surface area contributed by atoms with Gasteiger partial charge in [-0.3, -0.25) is 11.8 Å². The van der Waals surface area contributed by atoms with E-state index in [0.29, 0.717) is 5.66 Å². The van der Waals surface area contributed by atoms with E-state index in [9.17, 15) is 0 Å². The molecule has 0 spiro atoms. The van der Waals surface area contributed by atoms with Gasteiger partial charge >= 0.3 is 44.8 Å². The van der Waals surface area contributed by atoms with Crippen LogP contribution in [0.5, 0.6) is 0 Å². The molecule has 0 saturated carbocycles. The van der Waals surface area contributed by atoms with Gasteiger partial charge in [0.25, 0.3) is 0 Å². The first-order chi connectivity index (χ1) is 28.7. The quantitative estimate of drug-likeness (QED) is 0.0646. The SMILES string of the molecule is C1=CCC([PH+](CC[PH+](c2ccccc2)c2ccccc2)c2ccccc2)C=C1.[Au+].[Au+].[C-]#Cc1cccc2c1sc1ccccc12.[C-]#Cc1cccc2c1sc1ccccc12. The van der Waals surface area contributed by atoms with Gasteiger partial charge in [-0.25, -0.2) is 0 Å². The standard InChI is InChI=1S/C26H26P2.2C14H7S.2Au/c1-5-13-23(14-6-1)27(24-15-7-2-8-16-24)21-22-28(25-17-9-3-10-18-25)26-19-11-4-12-20-26;2*1-2-10-6-5-8-12-11-7-3-4-9-13(11)15-14(10)12;;/h1-19,26H,20-22H2;2*3-9H;;/q;2*-1;2*+1/p+2. The minimum atomic E-state index is -0.756. The number of fused-ring (bicyclic) bond motifs is 6. The van der Waals surface area contributed by atoms with Gasteiger partial charge in [0.05, 0.1) is 35.7 Å². The molecule has 6 heteroatoms. The maximum absolute atomic E-state index is 7.26. The summed E-state index contributed by atoms with van der Waals surface area (Å²) in [5.41, 5.74) is 2.47. The van der Waals surface area contributed by atoms with Crippen LogP contribution in [0.15, 0.2) is 200 Å². The van der Waals surface area contributed by atoms with Crippen LogP contribution in [0.1, 0.15) is 17.5 Å². The summed E-state index contributed by atoms with van der Waals surface area (Å²) in [6.45, 7) is 0. The Bertz CT molecular complexity index is 2760. The summed E-state index contributed by atoms with van der Waals surface area (Å²) in [6.07, 6.45) is 27.6. The molecule has 0 aliphatic heterocycles. The zero-order valence-corrected chi connectivity index (χ0v) is 40.6. The van der Waals surface area contributed by atoms with E-state index < -0.39 is 15.8 Å². The van der Waals surface area contributed by atoms with Crippen molar-refractivity contribution in [3.8, 4) is 11.8 Å². The van der Waals surface area contributed by atoms with Crippen molar-refractivity contribution >= 4 is 94.8 Å². The molecule has 300 valence electrons. The van der Waals surface area contributed by atoms with Gasteiger partial charge in [0, 0.05) is 23.7 Å². The number of benzene rings is 7. The molecule has 0 saturated heterocycles. The van der Waals surface area contributed by atoms with E-state index in [-0.39, 0.29) is 44.8 Å². The van der Waals surface area contributed by atoms with E-state index in [4.69, 9.17) is 12.8 Å². The monoisotopic (exact) mass is 1210 g/mol. The second-order valence-electron chi connectivity index (χ2n) is 14.1. The number of allylic oxidation sites excluding steroid dienone is 4. The largest absolute Gasteiger partial charge is 1.00 e. The van der Waals surface area contributed by atoms with Crippen LogP contribution in [0.2, 0.25) is 0 Å². The van der Waals surface area contributed by atoms with Gasteiger partial charge in [-0.15, -0.1) is 23.3 Å². The first kappa shape index (κ1) is 45.4. The first-order valence-electron chi connectivity index (χ1n) is 19.6. The second kappa shape index (κ2) is 22.7. The van der Waals surface area contributed by atoms with Gasteiger partial charge in [-0.1, -0.05) is 133 Å². The fraction of sp³-hybridized carbons (Fsp3) is 0.0741. The molecule has 0 fully saturated rings. The Hall–Kier alpha value is -4.08. The third-order valence-corrected chi connectivity index (χ3v) is 19.5. The van der Waals surface area contributed by atoms with Crippen LogP contribution in [0.25, 0.3) is 40.3 Å². The van der Waals surface area contributed by atoms with Crippen molar-refractivity contribution in [2.75, 3.05) is 12.3 Å². The molecule has 0 bridgehead atoms. The number of hydrogen-bond donors (Lipinski definition) is 0. The van der Waals surface area contributed by atoms with E-state index in [1.807, 2.05) is 36.4 Å². The molecule has 0 N–H and O–H groups in total. The molecule has 1 aliphatic carbocycles. The summed E-state index contributed by atoms with van der Waals surface area (Å²) < 4.78 is 4.87. The average molecular weight is 1210 g/mol. The molecule has 0 nitrogen and oxygen atoms in total. The molecule has 2 heterocycles. The fourth-order valence-electron chi connectivity index (χ4n) is 7.72. The fourth-order valence-corrected chi connectivity index (χ4v) is 16.7. The Morgan fingerprint density at radius 2 is 0.900 bits per heavy atom. The smallest absolute Gasteiger partial charge is 0.366 e. The predicted octanol–water partition coefficient (Wildman–Crippen LogP) is 13.3. The number of rotatable bonds is 7. The molecule has 0 amide bonds. The van der Waals surface area contributed by atoms with Crippen LogP contribution < -0.4 is 15.9 Å². The van der Waals surface area contributed by atoms with E-state index in [1.165, 1.54) is 60.3 Å². The summed E-state index contributed by atoms with van der Waals surface area (Å²) in [7, 11) is -1.40. The van der Waals surface area contributed by atoms with Crippen molar-refractivity contribution < 1.29 is 44.8 Å². The van der Waals surface area contributed by atoms with Crippen molar-refractivity contribution in [1.82, 2.24) is 0 Å². The Labute approximate surface area is 396 Å². The van der Waals surface area contributed by atoms with E-state index in [2.05, 4.69) is 176 Å². The van der Waals surface area contributed by atoms with Crippen molar-refractivity contribution in [1.29, 1.82) is 0 Å². The maximum atomic E-state index is 7.26. The summed E-state index contributed by atoms with van der Waals surface area (Å²) >= 11 is 3.46. The van der Waals surface area contributed by atoms with Crippen molar-refractivity contribution in [2.24, 2.45) is 0 Å². The molecular formula is C54H42Au2P2S2+2. The van der Waals surface area contributed by atoms with Crippen LogP contribution in [0, 0.1) is 24.7 Å². The minimum absolute atomic E-state index is 0. The molecule has 2 unspecified atom stereocenters. The summed E-state index contributed by atoms with van der Waals surface area (Å²) in [6, 6.07) is 62.4. The molecule has 9 aromatic rings. The number of hydrogen-bond acceptors (Lipinski definition) is 2. The molecule has 2 atom stereocenters. The normalized spacial score (nSPS) is 13.2. The van der Waals surface area contributed by atoms with Crippen LogP contribution in [0.4, 0.5) is 0 Å². The van der Waals surface area contributed by atoms with Crippen molar-refractivity contribution in [3.63, 3.8) is 0 Å². The van der Waals surface area contributed by atoms with Gasteiger partial charge in [-0.05, 0) is 85.6 Å². The predicted molar refractivity (Wildman–Crippen MR) is 262 cm³/mol. The van der Waals surface area contributed by atoms with Crippen LogP contribution in [-0.2, 0) is 44.8 Å². The van der Waals surface area contributed by atoms with Crippen molar-refractivity contribution in [2.45, 2.75) is 12.1 Å². The molecule has 2 aromatic heterocycles. The maximum Gasteiger partial charge on any atom is 1.00 e. The molecule has 1 aliphatic rings. The zero-order chi connectivity index (χ0) is 39.5. The molecular weight excluding hydrogens is 1170 g/mol. The summed E-state index contributed by atoms with van der Waals surface area (Å²) in [4.78, 5) is 0. The summed E-state index contributed by atoms with van der Waals surface area (Å²) in [5.74, 6) is 4.98. The number of thiophene rings is 2. The molecule has 0 radical (unpaired) electrons. The van der Waals surface area contributed by atoms with Gasteiger partial charge in [-0.2, -0.15) is 22.7 Å². The van der Waals surface area contributed by atoms with E-state index in [0.717, 1.165) is 20.5 Å². The second-order valence-corrected chi connectivity index (χ2v) is 21.7. The van der Waals surface area contributed by atoms with E-state index >= 15 is 0 Å². The molecule has 10 rings (SSSR count). The van der Waals surface area contributed by atoms with Gasteiger partial charge in [0.1, 0.15) is 6.16 Å². The van der Waals surface area contributed by atoms with Gasteiger partial charge in [0.2, 0.25) is 0 Å². The Balaban J connectivity index is 0.000000160. The van der Waals surface area contributed by atoms with Crippen LogP contribution >= 0.6 is 38.5 Å². The van der Waals surface area contributed by atoms with E-state index in [1.54, 1.807) is 28.0 Å². The Kier molecular flexibility index (Phi) is 17.2. The van der Waals surface area contributed by atoms with Crippen LogP contribution in [0.3, 0.4) is 0 Å². The third kappa shape index (κ3) is 10.7. The summed E-state index contributed by atoms with van der Waals surface area (Å²) in [5, 5.41) is 9.66. The Morgan fingerprint density at radius 3 is 1.35 bits per heavy atom. The molecule has 7 aromatic carbocycles. The van der Waals surface area contributed by atoms with Crippen molar-refractivity contribution in [3.05, 3.63) is 224 Å². The van der Waals surface area contributed by atoms with Gasteiger partial charge < -0.3 is 12.8 Å².